The van der Waals surface area contributed by atoms with Crippen molar-refractivity contribution in [3.63, 3.8) is 0 Å². The number of benzene rings is 6. The molecule has 5 aliphatic rings. The number of furan rings is 1. The number of hydrogen-bond acceptors (Lipinski definition) is 3. The van der Waals surface area contributed by atoms with Crippen LogP contribution in [0.15, 0.2) is 101 Å². The van der Waals surface area contributed by atoms with Crippen LogP contribution in [0, 0.1) is 6.92 Å². The van der Waals surface area contributed by atoms with E-state index < -0.39 is 0 Å². The molecule has 65 heavy (non-hydrogen) atoms. The van der Waals surface area contributed by atoms with Crippen LogP contribution in [0.4, 0.5) is 22.7 Å². The van der Waals surface area contributed by atoms with Gasteiger partial charge in [0, 0.05) is 56.0 Å². The van der Waals surface area contributed by atoms with Crippen LogP contribution in [0.5, 0.6) is 0 Å². The summed E-state index contributed by atoms with van der Waals surface area (Å²) in [6, 6.07) is 38.9. The number of anilines is 4. The van der Waals surface area contributed by atoms with E-state index in [0.717, 1.165) is 24.0 Å². The van der Waals surface area contributed by atoms with Gasteiger partial charge in [-0.2, -0.15) is 0 Å². The highest BCUT2D eigenvalue weighted by molar-refractivity contribution is 6.93. The predicted molar refractivity (Wildman–Crippen MR) is 278 cm³/mol. The summed E-state index contributed by atoms with van der Waals surface area (Å²) in [6.07, 6.45) is 14.3. The zero-order valence-corrected chi connectivity index (χ0v) is 40.6. The highest BCUT2D eigenvalue weighted by Crippen LogP contribution is 2.63. The molecule has 0 amide bonds. The van der Waals surface area contributed by atoms with E-state index in [0.29, 0.717) is 0 Å². The van der Waals surface area contributed by atoms with Gasteiger partial charge in [-0.15, -0.1) is 0 Å². The Balaban J connectivity index is 1.20. The van der Waals surface area contributed by atoms with Crippen LogP contribution >= 0.6 is 0 Å². The molecule has 0 saturated heterocycles. The summed E-state index contributed by atoms with van der Waals surface area (Å²) in [5.41, 5.74) is 24.5. The molecule has 330 valence electrons. The molecule has 3 aliphatic heterocycles. The Labute approximate surface area is 388 Å². The molecule has 6 aromatic carbocycles. The summed E-state index contributed by atoms with van der Waals surface area (Å²) in [4.78, 5) is 5.67. The van der Waals surface area contributed by atoms with Crippen molar-refractivity contribution in [1.82, 2.24) is 0 Å². The fourth-order valence-electron chi connectivity index (χ4n) is 13.8. The zero-order valence-electron chi connectivity index (χ0n) is 40.6. The van der Waals surface area contributed by atoms with Crippen molar-refractivity contribution in [2.24, 2.45) is 0 Å². The Hall–Kier alpha value is -5.22. The molecular weight excluding hydrogens is 787 g/mol. The Bertz CT molecular complexity index is 3100. The fraction of sp³-hybridized carbons (Fsp3) is 0.410. The van der Waals surface area contributed by atoms with Crippen LogP contribution in [0.25, 0.3) is 44.2 Å². The molecule has 0 radical (unpaired) electrons. The number of nitrogens with zero attached hydrogens (tertiary/aromatic N) is 2. The van der Waals surface area contributed by atoms with Crippen LogP contribution in [-0.2, 0) is 29.1 Å². The Morgan fingerprint density at radius 2 is 1.26 bits per heavy atom. The van der Waals surface area contributed by atoms with Gasteiger partial charge in [-0.1, -0.05) is 129 Å². The van der Waals surface area contributed by atoms with Gasteiger partial charge in [0.1, 0.15) is 11.2 Å². The Morgan fingerprint density at radius 3 is 2.02 bits per heavy atom. The summed E-state index contributed by atoms with van der Waals surface area (Å²) in [7, 11) is 0. The maximum Gasteiger partial charge on any atom is 0.328 e. The van der Waals surface area contributed by atoms with Crippen LogP contribution in [0.3, 0.4) is 0 Å². The molecule has 2 atom stereocenters. The minimum absolute atomic E-state index is 0.0464. The summed E-state index contributed by atoms with van der Waals surface area (Å²) in [5.74, 6) is 0. The molecule has 3 nitrogen and oxygen atoms in total. The predicted octanol–water partition coefficient (Wildman–Crippen LogP) is 15.6. The molecular formula is C61H67BN2O. The Morgan fingerprint density at radius 1 is 0.585 bits per heavy atom. The third-order valence-electron chi connectivity index (χ3n) is 17.8. The van der Waals surface area contributed by atoms with Crippen molar-refractivity contribution in [1.29, 1.82) is 0 Å². The second kappa shape index (κ2) is 14.4. The van der Waals surface area contributed by atoms with Crippen molar-refractivity contribution >= 4 is 62.5 Å². The molecule has 4 heteroatoms. The van der Waals surface area contributed by atoms with E-state index in [2.05, 4.69) is 169 Å². The van der Waals surface area contributed by atoms with Gasteiger partial charge in [0.2, 0.25) is 0 Å². The van der Waals surface area contributed by atoms with Crippen LogP contribution < -0.4 is 20.6 Å². The molecule has 1 fully saturated rings. The third kappa shape index (κ3) is 5.80. The average Bonchev–Trinajstić information content (AvgIpc) is 3.75. The standard InChI is InChI=1S/C61H67BN2O/c1-10-12-19-39-23-24-51(42(31-39)41-21-15-14-16-22-41)63-52-37-55-44(43-34-47-48(36-54(43)65-55)59(6,7)28-27-58(47,4)5)35-50(52)62-56-45(29-38(3)30-53(56)63)46-32-40(20-13-11-2)33-49-57(46)64(62)61(9)26-18-17-25-60(49,61)8/h14-16,21-24,29-37H,10-13,17-20,25-28H2,1-9H3. The van der Waals surface area contributed by atoms with Gasteiger partial charge >= 0.3 is 6.85 Å². The SMILES string of the molecule is CCCCc1ccc(N2c3cc4oc5cc6c(cc5c4cc3B3c4c(cc(C)cc42)-c2cc(CCCC)cc4c2N3C2(C)CCCCC42C)C(C)(C)CCC6(C)C)c(-c2ccccc2)c1. The first kappa shape index (κ1) is 41.2. The molecule has 4 heterocycles. The van der Waals surface area contributed by atoms with Crippen LogP contribution in [-0.4, -0.2) is 12.4 Å². The van der Waals surface area contributed by atoms with Gasteiger partial charge in [0.05, 0.1) is 5.69 Å². The van der Waals surface area contributed by atoms with Gasteiger partial charge in [-0.05, 0) is 168 Å². The zero-order chi connectivity index (χ0) is 44.8. The van der Waals surface area contributed by atoms with Crippen molar-refractivity contribution in [3.05, 3.63) is 130 Å². The molecule has 2 unspecified atom stereocenters. The first-order chi connectivity index (χ1) is 31.3. The molecule has 1 aromatic heterocycles. The summed E-state index contributed by atoms with van der Waals surface area (Å²) in [6.45, 7) is 22.1. The first-order valence-electron chi connectivity index (χ1n) is 25.4. The van der Waals surface area contributed by atoms with Gasteiger partial charge < -0.3 is 14.1 Å². The smallest absolute Gasteiger partial charge is 0.328 e. The quantitative estimate of drug-likeness (QED) is 0.142. The van der Waals surface area contributed by atoms with E-state index in [1.165, 1.54) is 159 Å². The monoisotopic (exact) mass is 855 g/mol. The van der Waals surface area contributed by atoms with Gasteiger partial charge in [0.15, 0.2) is 0 Å². The van der Waals surface area contributed by atoms with Crippen molar-refractivity contribution in [2.75, 3.05) is 9.71 Å². The van der Waals surface area contributed by atoms with Gasteiger partial charge in [0.25, 0.3) is 0 Å². The number of fused-ring (bicyclic) bond motifs is 11. The van der Waals surface area contributed by atoms with E-state index in [4.69, 9.17) is 4.42 Å². The van der Waals surface area contributed by atoms with Crippen molar-refractivity contribution in [2.45, 2.75) is 161 Å². The van der Waals surface area contributed by atoms with Crippen molar-refractivity contribution in [3.8, 4) is 22.3 Å². The number of hydrogen-bond donors (Lipinski definition) is 0. The number of unbranched alkanes of at least 4 members (excludes halogenated alkanes) is 2. The normalized spacial score (nSPS) is 21.9. The topological polar surface area (TPSA) is 19.6 Å². The molecule has 0 N–H and O–H groups in total. The minimum Gasteiger partial charge on any atom is -0.456 e. The number of aryl methyl sites for hydroxylation is 3. The lowest BCUT2D eigenvalue weighted by Crippen LogP contribution is -2.70. The molecule has 0 spiro atoms. The first-order valence-corrected chi connectivity index (χ1v) is 25.4. The van der Waals surface area contributed by atoms with E-state index in [-0.39, 0.29) is 28.6 Å². The van der Waals surface area contributed by atoms with Crippen LogP contribution in [0.2, 0.25) is 0 Å². The molecule has 2 aliphatic carbocycles. The van der Waals surface area contributed by atoms with E-state index in [1.54, 1.807) is 5.56 Å². The minimum atomic E-state index is -0.0477. The largest absolute Gasteiger partial charge is 0.456 e. The van der Waals surface area contributed by atoms with E-state index >= 15 is 0 Å². The summed E-state index contributed by atoms with van der Waals surface area (Å²) in [5, 5.41) is 2.50. The third-order valence-corrected chi connectivity index (χ3v) is 17.8. The lowest BCUT2D eigenvalue weighted by molar-refractivity contribution is 0.199. The van der Waals surface area contributed by atoms with Crippen LogP contribution in [0.1, 0.15) is 153 Å². The number of rotatable bonds is 8. The molecule has 12 rings (SSSR count). The molecule has 0 bridgehead atoms. The van der Waals surface area contributed by atoms with Crippen molar-refractivity contribution < 1.29 is 4.42 Å². The molecule has 1 saturated carbocycles. The molecule has 7 aromatic rings. The maximum absolute atomic E-state index is 7.17. The lowest BCUT2D eigenvalue weighted by Gasteiger charge is -2.55. The van der Waals surface area contributed by atoms with E-state index in [9.17, 15) is 0 Å². The highest BCUT2D eigenvalue weighted by Gasteiger charge is 2.63. The van der Waals surface area contributed by atoms with Gasteiger partial charge in [-0.25, -0.2) is 0 Å². The van der Waals surface area contributed by atoms with E-state index in [1.807, 2.05) is 0 Å². The Kier molecular flexibility index (Phi) is 9.13. The summed E-state index contributed by atoms with van der Waals surface area (Å²) < 4.78 is 7.17. The lowest BCUT2D eigenvalue weighted by atomic mass is 9.42. The maximum atomic E-state index is 7.17. The van der Waals surface area contributed by atoms with Gasteiger partial charge in [-0.3, -0.25) is 0 Å². The average molecular weight is 855 g/mol. The summed E-state index contributed by atoms with van der Waals surface area (Å²) >= 11 is 0. The second-order valence-electron chi connectivity index (χ2n) is 22.8. The highest BCUT2D eigenvalue weighted by atomic mass is 16.3. The second-order valence-corrected chi connectivity index (χ2v) is 22.8. The fourth-order valence-corrected chi connectivity index (χ4v) is 13.8.